The summed E-state index contributed by atoms with van der Waals surface area (Å²) in [5.41, 5.74) is 3.84. The molecule has 1 aromatic heterocycles. The second kappa shape index (κ2) is 5.59. The van der Waals surface area contributed by atoms with Crippen LogP contribution in [0.5, 0.6) is 0 Å². The summed E-state index contributed by atoms with van der Waals surface area (Å²) in [4.78, 5) is 11.2. The third-order valence-electron chi connectivity index (χ3n) is 3.65. The lowest BCUT2D eigenvalue weighted by molar-refractivity contribution is 0.103. The predicted molar refractivity (Wildman–Crippen MR) is 75.8 cm³/mol. The van der Waals surface area contributed by atoms with Gasteiger partial charge in [0.05, 0.1) is 12.1 Å². The smallest absolute Gasteiger partial charge is 0.153 e. The highest BCUT2D eigenvalue weighted by atomic mass is 16.5. The number of carbonyl (C=O) groups is 1. The summed E-state index contributed by atoms with van der Waals surface area (Å²) in [6, 6.07) is 8.34. The van der Waals surface area contributed by atoms with Crippen molar-refractivity contribution in [1.29, 1.82) is 0 Å². The maximum atomic E-state index is 11.2. The van der Waals surface area contributed by atoms with Crippen LogP contribution in [0.1, 0.15) is 46.1 Å². The lowest BCUT2D eigenvalue weighted by atomic mass is 10.1. The number of carbonyl (C=O) groups excluding carboxylic acids is 1. The van der Waals surface area contributed by atoms with E-state index in [1.165, 1.54) is 11.1 Å². The molecule has 1 saturated heterocycles. The first-order valence-corrected chi connectivity index (χ1v) is 6.96. The van der Waals surface area contributed by atoms with E-state index in [4.69, 9.17) is 4.74 Å². The second-order valence-electron chi connectivity index (χ2n) is 5.27. The number of nitrogens with zero attached hydrogens (tertiary/aromatic N) is 2. The SMILES string of the molecule is Cc1ccc(Cn2cc(C=O)c(C3CCCO3)n2)cc1. The molecule has 0 N–H and O–H groups in total. The van der Waals surface area contributed by atoms with Gasteiger partial charge in [0.2, 0.25) is 0 Å². The fraction of sp³-hybridized carbons (Fsp3) is 0.375. The molecule has 1 fully saturated rings. The molecule has 1 aliphatic heterocycles. The van der Waals surface area contributed by atoms with Crippen molar-refractivity contribution in [2.75, 3.05) is 6.61 Å². The minimum absolute atomic E-state index is 0.0190. The molecule has 4 nitrogen and oxygen atoms in total. The number of ether oxygens (including phenoxy) is 1. The zero-order valence-corrected chi connectivity index (χ0v) is 11.6. The van der Waals surface area contributed by atoms with Gasteiger partial charge in [-0.3, -0.25) is 9.48 Å². The van der Waals surface area contributed by atoms with Crippen LogP contribution in [0.2, 0.25) is 0 Å². The van der Waals surface area contributed by atoms with Crippen molar-refractivity contribution in [3.05, 3.63) is 52.8 Å². The normalized spacial score (nSPS) is 18.4. The van der Waals surface area contributed by atoms with E-state index in [0.717, 1.165) is 31.4 Å². The Bertz CT molecular complexity index is 595. The van der Waals surface area contributed by atoms with Crippen molar-refractivity contribution < 1.29 is 9.53 Å². The first kappa shape index (κ1) is 13.1. The largest absolute Gasteiger partial charge is 0.372 e. The van der Waals surface area contributed by atoms with Gasteiger partial charge in [-0.15, -0.1) is 0 Å². The van der Waals surface area contributed by atoms with Crippen LogP contribution in [0.15, 0.2) is 30.5 Å². The average Bonchev–Trinajstić information content (AvgIpc) is 3.10. The summed E-state index contributed by atoms with van der Waals surface area (Å²) in [7, 11) is 0. The van der Waals surface area contributed by atoms with E-state index in [1.807, 2.05) is 10.9 Å². The van der Waals surface area contributed by atoms with Crippen molar-refractivity contribution in [3.63, 3.8) is 0 Å². The van der Waals surface area contributed by atoms with Crippen molar-refractivity contribution in [1.82, 2.24) is 9.78 Å². The van der Waals surface area contributed by atoms with Crippen LogP contribution in [0.3, 0.4) is 0 Å². The van der Waals surface area contributed by atoms with Gasteiger partial charge in [0.25, 0.3) is 0 Å². The highest BCUT2D eigenvalue weighted by molar-refractivity contribution is 5.76. The molecule has 0 radical (unpaired) electrons. The van der Waals surface area contributed by atoms with Gasteiger partial charge in [0, 0.05) is 12.8 Å². The van der Waals surface area contributed by atoms with Crippen LogP contribution in [0, 0.1) is 6.92 Å². The minimum atomic E-state index is -0.0190. The summed E-state index contributed by atoms with van der Waals surface area (Å²) >= 11 is 0. The molecule has 104 valence electrons. The van der Waals surface area contributed by atoms with E-state index < -0.39 is 0 Å². The van der Waals surface area contributed by atoms with Crippen molar-refractivity contribution >= 4 is 6.29 Å². The quantitative estimate of drug-likeness (QED) is 0.802. The molecule has 2 heterocycles. The van der Waals surface area contributed by atoms with Gasteiger partial charge in [-0.1, -0.05) is 29.8 Å². The zero-order valence-electron chi connectivity index (χ0n) is 11.6. The van der Waals surface area contributed by atoms with Gasteiger partial charge < -0.3 is 4.74 Å². The average molecular weight is 270 g/mol. The Morgan fingerprint density at radius 3 is 2.85 bits per heavy atom. The zero-order chi connectivity index (χ0) is 13.9. The molecule has 0 aliphatic carbocycles. The molecule has 4 heteroatoms. The number of aryl methyl sites for hydroxylation is 1. The number of aromatic nitrogens is 2. The molecule has 0 spiro atoms. The van der Waals surface area contributed by atoms with Gasteiger partial charge in [-0.25, -0.2) is 0 Å². The fourth-order valence-electron chi connectivity index (χ4n) is 2.55. The summed E-state index contributed by atoms with van der Waals surface area (Å²) in [6.07, 6.45) is 4.64. The topological polar surface area (TPSA) is 44.1 Å². The van der Waals surface area contributed by atoms with Crippen LogP contribution in [0.4, 0.5) is 0 Å². The summed E-state index contributed by atoms with van der Waals surface area (Å²) in [5, 5.41) is 4.54. The number of hydrogen-bond donors (Lipinski definition) is 0. The van der Waals surface area contributed by atoms with E-state index in [-0.39, 0.29) is 6.10 Å². The summed E-state index contributed by atoms with van der Waals surface area (Å²) in [6.45, 7) is 3.50. The molecule has 1 unspecified atom stereocenters. The van der Waals surface area contributed by atoms with Crippen LogP contribution in [-0.2, 0) is 11.3 Å². The molecule has 0 saturated carbocycles. The highest BCUT2D eigenvalue weighted by Gasteiger charge is 2.23. The van der Waals surface area contributed by atoms with E-state index in [2.05, 4.69) is 36.3 Å². The van der Waals surface area contributed by atoms with Crippen LogP contribution in [0.25, 0.3) is 0 Å². The lowest BCUT2D eigenvalue weighted by Crippen LogP contribution is -2.03. The third kappa shape index (κ3) is 2.65. The Hall–Kier alpha value is -1.94. The number of rotatable bonds is 4. The van der Waals surface area contributed by atoms with Crippen molar-refractivity contribution in [2.45, 2.75) is 32.4 Å². The maximum Gasteiger partial charge on any atom is 0.153 e. The second-order valence-corrected chi connectivity index (χ2v) is 5.27. The molecule has 1 aliphatic rings. The molecule has 0 amide bonds. The number of hydrogen-bond acceptors (Lipinski definition) is 3. The molecular weight excluding hydrogens is 252 g/mol. The van der Waals surface area contributed by atoms with Crippen LogP contribution < -0.4 is 0 Å². The standard InChI is InChI=1S/C16H18N2O2/c1-12-4-6-13(7-5-12)9-18-10-14(11-19)16(17-18)15-3-2-8-20-15/h4-7,10-11,15H,2-3,8-9H2,1H3. The Morgan fingerprint density at radius 1 is 1.40 bits per heavy atom. The van der Waals surface area contributed by atoms with Crippen LogP contribution >= 0.6 is 0 Å². The molecule has 2 aromatic rings. The molecule has 0 bridgehead atoms. The third-order valence-corrected chi connectivity index (χ3v) is 3.65. The van der Waals surface area contributed by atoms with Gasteiger partial charge in [-0.05, 0) is 25.3 Å². The maximum absolute atomic E-state index is 11.2. The lowest BCUT2D eigenvalue weighted by Gasteiger charge is -2.06. The Morgan fingerprint density at radius 2 is 2.20 bits per heavy atom. The molecule has 20 heavy (non-hydrogen) atoms. The Labute approximate surface area is 118 Å². The van der Waals surface area contributed by atoms with E-state index in [9.17, 15) is 4.79 Å². The van der Waals surface area contributed by atoms with Crippen molar-refractivity contribution in [2.24, 2.45) is 0 Å². The van der Waals surface area contributed by atoms with E-state index >= 15 is 0 Å². The molecule has 3 rings (SSSR count). The Balaban J connectivity index is 1.83. The van der Waals surface area contributed by atoms with E-state index in [0.29, 0.717) is 12.1 Å². The number of benzene rings is 1. The van der Waals surface area contributed by atoms with Gasteiger partial charge in [0.1, 0.15) is 11.8 Å². The van der Waals surface area contributed by atoms with Crippen molar-refractivity contribution in [3.8, 4) is 0 Å². The summed E-state index contributed by atoms with van der Waals surface area (Å²) in [5.74, 6) is 0. The first-order chi connectivity index (χ1) is 9.76. The van der Waals surface area contributed by atoms with Gasteiger partial charge in [0.15, 0.2) is 6.29 Å². The highest BCUT2D eigenvalue weighted by Crippen LogP contribution is 2.29. The predicted octanol–water partition coefficient (Wildman–Crippen LogP) is 2.90. The van der Waals surface area contributed by atoms with E-state index in [1.54, 1.807) is 0 Å². The Kier molecular flexibility index (Phi) is 3.65. The number of aldehydes is 1. The van der Waals surface area contributed by atoms with Crippen LogP contribution in [-0.4, -0.2) is 22.7 Å². The fourth-order valence-corrected chi connectivity index (χ4v) is 2.55. The summed E-state index contributed by atoms with van der Waals surface area (Å²) < 4.78 is 7.45. The molecule has 1 atom stereocenters. The molecule has 1 aromatic carbocycles. The first-order valence-electron chi connectivity index (χ1n) is 6.96. The molecular formula is C16H18N2O2. The van der Waals surface area contributed by atoms with Gasteiger partial charge >= 0.3 is 0 Å². The minimum Gasteiger partial charge on any atom is -0.372 e. The van der Waals surface area contributed by atoms with Gasteiger partial charge in [-0.2, -0.15) is 5.10 Å². The monoisotopic (exact) mass is 270 g/mol.